The third kappa shape index (κ3) is 5.37. The van der Waals surface area contributed by atoms with Gasteiger partial charge in [0.05, 0.1) is 5.69 Å². The van der Waals surface area contributed by atoms with Crippen LogP contribution in [0.2, 0.25) is 0 Å². The molecule has 0 unspecified atom stereocenters. The summed E-state index contributed by atoms with van der Waals surface area (Å²) in [6, 6.07) is 13.5. The number of para-hydroxylation sites is 1. The lowest BCUT2D eigenvalue weighted by Gasteiger charge is -2.06. The molecule has 2 N–H and O–H groups in total. The fourth-order valence-electron chi connectivity index (χ4n) is 2.34. The van der Waals surface area contributed by atoms with E-state index in [0.29, 0.717) is 11.7 Å². The number of halogens is 1. The maximum Gasteiger partial charge on any atom is 0.264 e. The summed E-state index contributed by atoms with van der Waals surface area (Å²) in [5, 5.41) is 7.64. The predicted octanol–water partition coefficient (Wildman–Crippen LogP) is 3.60. The van der Waals surface area contributed by atoms with E-state index in [4.69, 9.17) is 4.74 Å². The molecule has 0 spiro atoms. The summed E-state index contributed by atoms with van der Waals surface area (Å²) < 4.78 is 18.7. The zero-order chi connectivity index (χ0) is 19.9. The third-order valence-electron chi connectivity index (χ3n) is 3.74. The molecule has 0 saturated heterocycles. The Bertz CT molecular complexity index is 973. The van der Waals surface area contributed by atoms with E-state index in [1.807, 2.05) is 29.6 Å². The Morgan fingerprint density at radius 2 is 1.89 bits per heavy atom. The van der Waals surface area contributed by atoms with Crippen molar-refractivity contribution < 1.29 is 18.7 Å². The van der Waals surface area contributed by atoms with Gasteiger partial charge >= 0.3 is 0 Å². The second-order valence-electron chi connectivity index (χ2n) is 5.91. The molecule has 3 aromatic rings. The van der Waals surface area contributed by atoms with Crippen LogP contribution in [0.15, 0.2) is 53.9 Å². The molecule has 2 aromatic carbocycles. The minimum atomic E-state index is -0.520. The van der Waals surface area contributed by atoms with Crippen molar-refractivity contribution in [1.82, 2.24) is 10.3 Å². The van der Waals surface area contributed by atoms with Crippen molar-refractivity contribution >= 4 is 28.3 Å². The van der Waals surface area contributed by atoms with Gasteiger partial charge in [0.15, 0.2) is 23.3 Å². The van der Waals surface area contributed by atoms with Gasteiger partial charge in [-0.05, 0) is 17.7 Å². The van der Waals surface area contributed by atoms with E-state index in [0.717, 1.165) is 16.8 Å². The van der Waals surface area contributed by atoms with E-state index < -0.39 is 11.7 Å². The van der Waals surface area contributed by atoms with E-state index in [1.165, 1.54) is 30.4 Å². The second-order valence-corrected chi connectivity index (χ2v) is 6.77. The van der Waals surface area contributed by atoms with Gasteiger partial charge in [0.25, 0.3) is 5.91 Å². The van der Waals surface area contributed by atoms with Crippen LogP contribution >= 0.6 is 11.3 Å². The fourth-order valence-corrected chi connectivity index (χ4v) is 3.08. The average molecular weight is 399 g/mol. The van der Waals surface area contributed by atoms with Gasteiger partial charge in [0, 0.05) is 24.4 Å². The Morgan fingerprint density at radius 1 is 1.14 bits per heavy atom. The Balaban J connectivity index is 1.55. The highest BCUT2D eigenvalue weighted by molar-refractivity contribution is 7.14. The van der Waals surface area contributed by atoms with Gasteiger partial charge in [-0.2, -0.15) is 0 Å². The molecule has 0 atom stereocenters. The molecule has 144 valence electrons. The highest BCUT2D eigenvalue weighted by Gasteiger charge is 2.10. The number of nitrogens with one attached hydrogen (secondary N) is 2. The first-order chi connectivity index (χ1) is 13.5. The van der Waals surface area contributed by atoms with E-state index in [2.05, 4.69) is 15.6 Å². The SMILES string of the molecule is CC(=O)NCc1ccc(-c2csc(NC(=O)COc3ccccc3F)n2)cc1. The van der Waals surface area contributed by atoms with Crippen LogP contribution in [0.3, 0.4) is 0 Å². The Morgan fingerprint density at radius 3 is 2.61 bits per heavy atom. The Hall–Kier alpha value is -3.26. The molecule has 28 heavy (non-hydrogen) atoms. The minimum absolute atomic E-state index is 0.0248. The number of aromatic nitrogens is 1. The number of benzene rings is 2. The summed E-state index contributed by atoms with van der Waals surface area (Å²) in [6.45, 7) is 1.63. The molecule has 0 aliphatic carbocycles. The van der Waals surface area contributed by atoms with Gasteiger partial charge in [0.1, 0.15) is 0 Å². The van der Waals surface area contributed by atoms with Crippen molar-refractivity contribution in [3.05, 3.63) is 65.3 Å². The lowest BCUT2D eigenvalue weighted by Crippen LogP contribution is -2.20. The molecule has 0 aliphatic rings. The molecule has 2 amide bonds. The van der Waals surface area contributed by atoms with Crippen molar-refractivity contribution in [3.8, 4) is 17.0 Å². The molecule has 8 heteroatoms. The predicted molar refractivity (Wildman–Crippen MR) is 106 cm³/mol. The average Bonchev–Trinajstić information content (AvgIpc) is 3.14. The van der Waals surface area contributed by atoms with Crippen LogP contribution in [0.1, 0.15) is 12.5 Å². The molecule has 0 bridgehead atoms. The van der Waals surface area contributed by atoms with Crippen LogP contribution in [0.25, 0.3) is 11.3 Å². The minimum Gasteiger partial charge on any atom is -0.481 e. The van der Waals surface area contributed by atoms with Gasteiger partial charge in [-0.15, -0.1) is 11.3 Å². The van der Waals surface area contributed by atoms with E-state index in [-0.39, 0.29) is 18.3 Å². The summed E-state index contributed by atoms with van der Waals surface area (Å²) in [6.07, 6.45) is 0. The number of anilines is 1. The largest absolute Gasteiger partial charge is 0.481 e. The Kier molecular flexibility index (Phi) is 6.33. The van der Waals surface area contributed by atoms with Crippen LogP contribution in [0.4, 0.5) is 9.52 Å². The molecule has 0 saturated carbocycles. The van der Waals surface area contributed by atoms with Crippen molar-refractivity contribution in [2.24, 2.45) is 0 Å². The molecule has 0 fully saturated rings. The number of carbonyl (C=O) groups excluding carboxylic acids is 2. The summed E-state index contributed by atoms with van der Waals surface area (Å²) in [5.74, 6) is -0.997. The van der Waals surface area contributed by atoms with Crippen LogP contribution in [0, 0.1) is 5.82 Å². The summed E-state index contributed by atoms with van der Waals surface area (Å²) in [4.78, 5) is 27.3. The normalized spacial score (nSPS) is 10.4. The maximum absolute atomic E-state index is 13.5. The first kappa shape index (κ1) is 19.5. The van der Waals surface area contributed by atoms with E-state index in [9.17, 15) is 14.0 Å². The quantitative estimate of drug-likeness (QED) is 0.636. The number of hydrogen-bond acceptors (Lipinski definition) is 5. The highest BCUT2D eigenvalue weighted by atomic mass is 32.1. The number of amides is 2. The van der Waals surface area contributed by atoms with E-state index in [1.54, 1.807) is 12.1 Å². The third-order valence-corrected chi connectivity index (χ3v) is 4.49. The number of ether oxygens (including phenoxy) is 1. The highest BCUT2D eigenvalue weighted by Crippen LogP contribution is 2.25. The summed E-state index contributed by atoms with van der Waals surface area (Å²) in [7, 11) is 0. The molecule has 0 aliphatic heterocycles. The van der Waals surface area contributed by atoms with Gasteiger partial charge in [0.2, 0.25) is 5.91 Å². The molecule has 0 radical (unpaired) electrons. The van der Waals surface area contributed by atoms with Gasteiger partial charge in [-0.1, -0.05) is 36.4 Å². The summed E-state index contributed by atoms with van der Waals surface area (Å²) in [5.41, 5.74) is 2.60. The molecular formula is C20H18FN3O3S. The number of carbonyl (C=O) groups is 2. The zero-order valence-corrected chi connectivity index (χ0v) is 15.9. The van der Waals surface area contributed by atoms with Crippen molar-refractivity contribution in [3.63, 3.8) is 0 Å². The maximum atomic E-state index is 13.5. The summed E-state index contributed by atoms with van der Waals surface area (Å²) >= 11 is 1.29. The zero-order valence-electron chi connectivity index (χ0n) is 15.1. The second kappa shape index (κ2) is 9.09. The first-order valence-electron chi connectivity index (χ1n) is 8.48. The van der Waals surface area contributed by atoms with Gasteiger partial charge in [-0.25, -0.2) is 9.37 Å². The van der Waals surface area contributed by atoms with Gasteiger partial charge < -0.3 is 10.1 Å². The molecule has 3 rings (SSSR count). The van der Waals surface area contributed by atoms with Crippen molar-refractivity contribution in [2.75, 3.05) is 11.9 Å². The van der Waals surface area contributed by atoms with Crippen LogP contribution in [-0.4, -0.2) is 23.4 Å². The number of thiazole rings is 1. The smallest absolute Gasteiger partial charge is 0.264 e. The molecule has 1 aromatic heterocycles. The van der Waals surface area contributed by atoms with Crippen LogP contribution in [-0.2, 0) is 16.1 Å². The van der Waals surface area contributed by atoms with Crippen LogP contribution < -0.4 is 15.4 Å². The fraction of sp³-hybridized carbons (Fsp3) is 0.150. The molecule has 1 heterocycles. The van der Waals surface area contributed by atoms with E-state index >= 15 is 0 Å². The Labute approximate surface area is 165 Å². The standard InChI is InChI=1S/C20H18FN3O3S/c1-13(25)22-10-14-6-8-15(9-7-14)17-12-28-20(23-17)24-19(26)11-27-18-5-3-2-4-16(18)21/h2-9,12H,10-11H2,1H3,(H,22,25)(H,23,24,26). The lowest BCUT2D eigenvalue weighted by atomic mass is 10.1. The van der Waals surface area contributed by atoms with Crippen molar-refractivity contribution in [2.45, 2.75) is 13.5 Å². The van der Waals surface area contributed by atoms with Gasteiger partial charge in [-0.3, -0.25) is 14.9 Å². The number of rotatable bonds is 7. The first-order valence-corrected chi connectivity index (χ1v) is 9.35. The molecule has 6 nitrogen and oxygen atoms in total. The lowest BCUT2D eigenvalue weighted by molar-refractivity contribution is -0.119. The topological polar surface area (TPSA) is 80.3 Å². The van der Waals surface area contributed by atoms with Crippen molar-refractivity contribution in [1.29, 1.82) is 0 Å². The van der Waals surface area contributed by atoms with Crippen LogP contribution in [0.5, 0.6) is 5.75 Å². The number of hydrogen-bond donors (Lipinski definition) is 2. The monoisotopic (exact) mass is 399 g/mol. The number of nitrogens with zero attached hydrogens (tertiary/aromatic N) is 1. The molecular weight excluding hydrogens is 381 g/mol.